The molecule has 0 aliphatic rings. The average Bonchev–Trinajstić information content (AvgIpc) is 2.91. The summed E-state index contributed by atoms with van der Waals surface area (Å²) in [4.78, 5) is 4.77. The van der Waals surface area contributed by atoms with Crippen molar-refractivity contribution in [2.75, 3.05) is 0 Å². The molecule has 2 aromatic carbocycles. The molecular formula is C22H21NO. The van der Waals surface area contributed by atoms with Crippen molar-refractivity contribution >= 4 is 22.1 Å². The highest BCUT2D eigenvalue weighted by Crippen LogP contribution is 2.38. The number of hydrogen-bond acceptors (Lipinski definition) is 2. The van der Waals surface area contributed by atoms with Crippen LogP contribution in [0, 0.1) is 6.92 Å². The zero-order valence-corrected chi connectivity index (χ0v) is 14.6. The number of aromatic nitrogens is 1. The molecule has 0 aliphatic heterocycles. The third-order valence-corrected chi connectivity index (χ3v) is 4.53. The molecule has 0 spiro atoms. The highest BCUT2D eigenvalue weighted by Gasteiger charge is 2.23. The number of nitrogens with zero attached hydrogens (tertiary/aromatic N) is 1. The summed E-state index contributed by atoms with van der Waals surface area (Å²) in [5.74, 6) is 0. The van der Waals surface area contributed by atoms with Gasteiger partial charge in [-0.15, -0.1) is 0 Å². The summed E-state index contributed by atoms with van der Waals surface area (Å²) in [7, 11) is 0. The minimum Gasteiger partial charge on any atom is -0.437 e. The predicted molar refractivity (Wildman–Crippen MR) is 100 cm³/mol. The van der Waals surface area contributed by atoms with E-state index in [0.29, 0.717) is 5.71 Å². The van der Waals surface area contributed by atoms with E-state index in [-0.39, 0.29) is 5.41 Å². The second kappa shape index (κ2) is 5.20. The summed E-state index contributed by atoms with van der Waals surface area (Å²) in [5.41, 5.74) is 6.28. The quantitative estimate of drug-likeness (QED) is 0.414. The van der Waals surface area contributed by atoms with E-state index < -0.39 is 0 Å². The second-order valence-electron chi connectivity index (χ2n) is 7.40. The van der Waals surface area contributed by atoms with Crippen LogP contribution in [0.25, 0.3) is 33.3 Å². The lowest BCUT2D eigenvalue weighted by molar-refractivity contribution is 0.567. The molecule has 0 aliphatic carbocycles. The van der Waals surface area contributed by atoms with Crippen LogP contribution in [0.1, 0.15) is 31.9 Å². The minimum absolute atomic E-state index is 0.0275. The van der Waals surface area contributed by atoms with Gasteiger partial charge in [-0.3, -0.25) is 0 Å². The lowest BCUT2D eigenvalue weighted by Gasteiger charge is -2.21. The molecule has 0 saturated carbocycles. The molecule has 4 rings (SSSR count). The number of hydrogen-bond donors (Lipinski definition) is 0. The Morgan fingerprint density at radius 2 is 1.54 bits per heavy atom. The Labute approximate surface area is 142 Å². The van der Waals surface area contributed by atoms with E-state index in [1.807, 2.05) is 18.2 Å². The molecule has 24 heavy (non-hydrogen) atoms. The Kier molecular flexibility index (Phi) is 3.24. The largest absolute Gasteiger partial charge is 0.437 e. The summed E-state index contributed by atoms with van der Waals surface area (Å²) < 4.78 is 6.24. The van der Waals surface area contributed by atoms with Gasteiger partial charge in [-0.2, -0.15) is 0 Å². The summed E-state index contributed by atoms with van der Waals surface area (Å²) in [5, 5.41) is 2.22. The molecular weight excluding hydrogens is 294 g/mol. The average molecular weight is 315 g/mol. The van der Waals surface area contributed by atoms with Crippen molar-refractivity contribution in [1.82, 2.24) is 4.98 Å². The van der Waals surface area contributed by atoms with Crippen LogP contribution in [-0.4, -0.2) is 4.98 Å². The van der Waals surface area contributed by atoms with Gasteiger partial charge in [0.05, 0.1) is 5.69 Å². The first-order valence-electron chi connectivity index (χ1n) is 8.34. The number of fused-ring (bicyclic) bond motifs is 3. The SMILES string of the molecule is Cc1ccc2c(oc3nc(-c4ccccc4)ccc32)c1C(C)(C)C. The molecule has 120 valence electrons. The number of pyridine rings is 1. The van der Waals surface area contributed by atoms with E-state index in [2.05, 4.69) is 64.1 Å². The van der Waals surface area contributed by atoms with E-state index in [9.17, 15) is 0 Å². The fourth-order valence-electron chi connectivity index (χ4n) is 3.52. The highest BCUT2D eigenvalue weighted by atomic mass is 16.3. The summed E-state index contributed by atoms with van der Waals surface area (Å²) >= 11 is 0. The maximum absolute atomic E-state index is 6.24. The van der Waals surface area contributed by atoms with Gasteiger partial charge in [0.1, 0.15) is 5.58 Å². The van der Waals surface area contributed by atoms with E-state index >= 15 is 0 Å². The molecule has 0 fully saturated rings. The topological polar surface area (TPSA) is 26.0 Å². The van der Waals surface area contributed by atoms with Gasteiger partial charge in [0.2, 0.25) is 5.71 Å². The lowest BCUT2D eigenvalue weighted by atomic mass is 9.83. The van der Waals surface area contributed by atoms with Crippen LogP contribution in [0.5, 0.6) is 0 Å². The van der Waals surface area contributed by atoms with Crippen LogP contribution >= 0.6 is 0 Å². The van der Waals surface area contributed by atoms with Crippen molar-refractivity contribution in [2.45, 2.75) is 33.1 Å². The van der Waals surface area contributed by atoms with Crippen molar-refractivity contribution < 1.29 is 4.42 Å². The van der Waals surface area contributed by atoms with Crippen molar-refractivity contribution in [1.29, 1.82) is 0 Å². The molecule has 2 nitrogen and oxygen atoms in total. The molecule has 0 bridgehead atoms. The molecule has 2 heteroatoms. The van der Waals surface area contributed by atoms with Gasteiger partial charge in [-0.1, -0.05) is 63.2 Å². The van der Waals surface area contributed by atoms with E-state index in [0.717, 1.165) is 27.6 Å². The van der Waals surface area contributed by atoms with Crippen molar-refractivity contribution in [3.8, 4) is 11.3 Å². The first-order valence-corrected chi connectivity index (χ1v) is 8.34. The van der Waals surface area contributed by atoms with Crippen LogP contribution in [0.3, 0.4) is 0 Å². The lowest BCUT2D eigenvalue weighted by Crippen LogP contribution is -2.13. The summed E-state index contributed by atoms with van der Waals surface area (Å²) in [6.45, 7) is 8.83. The molecule has 0 atom stereocenters. The molecule has 0 radical (unpaired) electrons. The molecule has 0 amide bonds. The Morgan fingerprint density at radius 1 is 0.833 bits per heavy atom. The van der Waals surface area contributed by atoms with Crippen LogP contribution in [0.2, 0.25) is 0 Å². The second-order valence-corrected chi connectivity index (χ2v) is 7.40. The van der Waals surface area contributed by atoms with Gasteiger partial charge in [-0.05, 0) is 30.0 Å². The van der Waals surface area contributed by atoms with Gasteiger partial charge >= 0.3 is 0 Å². The molecule has 2 aromatic heterocycles. The molecule has 0 unspecified atom stereocenters. The van der Waals surface area contributed by atoms with E-state index in [4.69, 9.17) is 9.40 Å². The van der Waals surface area contributed by atoms with Crippen LogP contribution in [-0.2, 0) is 5.41 Å². The Bertz CT molecular complexity index is 1040. The van der Waals surface area contributed by atoms with Gasteiger partial charge in [-0.25, -0.2) is 4.98 Å². The van der Waals surface area contributed by atoms with Crippen molar-refractivity contribution in [3.63, 3.8) is 0 Å². The number of furan rings is 1. The van der Waals surface area contributed by atoms with E-state index in [1.165, 1.54) is 11.1 Å². The monoisotopic (exact) mass is 315 g/mol. The first kappa shape index (κ1) is 14.9. The van der Waals surface area contributed by atoms with Crippen LogP contribution in [0.4, 0.5) is 0 Å². The fourth-order valence-corrected chi connectivity index (χ4v) is 3.52. The number of benzene rings is 2. The third kappa shape index (κ3) is 2.30. The molecule has 0 saturated heterocycles. The van der Waals surface area contributed by atoms with Crippen LogP contribution < -0.4 is 0 Å². The zero-order chi connectivity index (χ0) is 16.9. The Morgan fingerprint density at radius 3 is 2.25 bits per heavy atom. The van der Waals surface area contributed by atoms with Crippen molar-refractivity contribution in [3.05, 3.63) is 65.7 Å². The normalized spacial score (nSPS) is 12.2. The fraction of sp³-hybridized carbons (Fsp3) is 0.227. The Hall–Kier alpha value is -2.61. The third-order valence-electron chi connectivity index (χ3n) is 4.53. The molecule has 2 heterocycles. The predicted octanol–water partition coefficient (Wildman–Crippen LogP) is 6.25. The van der Waals surface area contributed by atoms with E-state index in [1.54, 1.807) is 0 Å². The van der Waals surface area contributed by atoms with Gasteiger partial charge in [0.25, 0.3) is 0 Å². The van der Waals surface area contributed by atoms with Gasteiger partial charge < -0.3 is 4.42 Å². The van der Waals surface area contributed by atoms with Crippen molar-refractivity contribution in [2.24, 2.45) is 0 Å². The standard InChI is InChI=1S/C22H21NO/c1-14-10-11-16-17-12-13-18(15-8-6-5-7-9-15)23-21(17)24-20(16)19(14)22(2,3)4/h5-13H,1-4H3. The molecule has 4 aromatic rings. The maximum Gasteiger partial charge on any atom is 0.227 e. The minimum atomic E-state index is 0.0275. The maximum atomic E-state index is 6.24. The van der Waals surface area contributed by atoms with Gasteiger partial charge in [0, 0.05) is 21.9 Å². The zero-order valence-electron chi connectivity index (χ0n) is 14.6. The van der Waals surface area contributed by atoms with Gasteiger partial charge in [0.15, 0.2) is 0 Å². The Balaban J connectivity index is 2.01. The van der Waals surface area contributed by atoms with Crippen LogP contribution in [0.15, 0.2) is 59.0 Å². The smallest absolute Gasteiger partial charge is 0.227 e. The summed E-state index contributed by atoms with van der Waals surface area (Å²) in [6.07, 6.45) is 0. The molecule has 0 N–H and O–H groups in total. The number of aryl methyl sites for hydroxylation is 1. The number of rotatable bonds is 1. The highest BCUT2D eigenvalue weighted by molar-refractivity contribution is 6.05. The first-order chi connectivity index (χ1) is 11.4. The summed E-state index contributed by atoms with van der Waals surface area (Å²) in [6, 6.07) is 18.7.